The molecule has 0 spiro atoms. The standard InChI is InChI=1S/C13H20NO4P/c1-10(2)17-19(15,18-11(3)4)8-6-13-12(9-14)5-7-16-13/h5,7,10-11H,6,8H2,1-4H3. The van der Waals surface area contributed by atoms with Crippen LogP contribution in [-0.2, 0) is 20.0 Å². The molecule has 1 aromatic rings. The van der Waals surface area contributed by atoms with Crippen molar-refractivity contribution in [1.29, 1.82) is 5.26 Å². The first-order valence-electron chi connectivity index (χ1n) is 6.28. The Morgan fingerprint density at radius 3 is 2.37 bits per heavy atom. The summed E-state index contributed by atoms with van der Waals surface area (Å²) in [6.45, 7) is 7.24. The molecule has 0 bridgehead atoms. The summed E-state index contributed by atoms with van der Waals surface area (Å²) in [5.41, 5.74) is 0.459. The quantitative estimate of drug-likeness (QED) is 0.713. The van der Waals surface area contributed by atoms with Crippen LogP contribution in [0.3, 0.4) is 0 Å². The summed E-state index contributed by atoms with van der Waals surface area (Å²) in [6, 6.07) is 3.62. The van der Waals surface area contributed by atoms with E-state index in [9.17, 15) is 4.57 Å². The van der Waals surface area contributed by atoms with E-state index in [0.29, 0.717) is 17.7 Å². The molecule has 0 saturated heterocycles. The molecule has 1 heterocycles. The zero-order chi connectivity index (χ0) is 14.5. The molecule has 0 aliphatic heterocycles. The van der Waals surface area contributed by atoms with E-state index < -0.39 is 7.60 Å². The molecule has 6 heteroatoms. The van der Waals surface area contributed by atoms with E-state index in [-0.39, 0.29) is 18.4 Å². The Morgan fingerprint density at radius 2 is 1.89 bits per heavy atom. The highest BCUT2D eigenvalue weighted by atomic mass is 31.2. The highest BCUT2D eigenvalue weighted by Crippen LogP contribution is 2.50. The lowest BCUT2D eigenvalue weighted by molar-refractivity contribution is 0.142. The van der Waals surface area contributed by atoms with Gasteiger partial charge in [0.2, 0.25) is 0 Å². The van der Waals surface area contributed by atoms with Gasteiger partial charge in [-0.2, -0.15) is 5.26 Å². The topological polar surface area (TPSA) is 72.5 Å². The number of aryl methyl sites for hydroxylation is 1. The molecule has 1 rings (SSSR count). The molecule has 0 unspecified atom stereocenters. The van der Waals surface area contributed by atoms with Crippen LogP contribution in [0.5, 0.6) is 0 Å². The first-order chi connectivity index (χ1) is 8.86. The molecule has 0 fully saturated rings. The van der Waals surface area contributed by atoms with Crippen molar-refractivity contribution < 1.29 is 18.0 Å². The van der Waals surface area contributed by atoms with E-state index in [1.165, 1.54) is 6.26 Å². The lowest BCUT2D eigenvalue weighted by Gasteiger charge is -2.22. The number of nitrogens with zero attached hydrogens (tertiary/aromatic N) is 1. The van der Waals surface area contributed by atoms with Gasteiger partial charge < -0.3 is 13.5 Å². The molecule has 106 valence electrons. The SMILES string of the molecule is CC(C)OP(=O)(CCc1occc1C#N)OC(C)C. The second-order valence-corrected chi connectivity index (χ2v) is 6.85. The third kappa shape index (κ3) is 5.20. The fourth-order valence-electron chi connectivity index (χ4n) is 1.64. The molecule has 0 radical (unpaired) electrons. The first-order valence-corrected chi connectivity index (χ1v) is 8.01. The number of nitriles is 1. The molecule has 0 aliphatic rings. The normalized spacial score (nSPS) is 12.1. The van der Waals surface area contributed by atoms with Gasteiger partial charge in [0.15, 0.2) is 0 Å². The summed E-state index contributed by atoms with van der Waals surface area (Å²) in [4.78, 5) is 0. The molecule has 0 saturated carbocycles. The maximum absolute atomic E-state index is 12.6. The maximum Gasteiger partial charge on any atom is 0.331 e. The molecule has 0 amide bonds. The highest BCUT2D eigenvalue weighted by Gasteiger charge is 2.28. The number of hydrogen-bond donors (Lipinski definition) is 0. The summed E-state index contributed by atoms with van der Waals surface area (Å²) in [5.74, 6) is 0.516. The van der Waals surface area contributed by atoms with Gasteiger partial charge in [0.05, 0.1) is 30.2 Å². The van der Waals surface area contributed by atoms with E-state index >= 15 is 0 Å². The Balaban J connectivity index is 2.73. The Hall–Kier alpha value is -1.08. The minimum Gasteiger partial charge on any atom is -0.468 e. The highest BCUT2D eigenvalue weighted by molar-refractivity contribution is 7.53. The van der Waals surface area contributed by atoms with Crippen molar-refractivity contribution in [2.45, 2.75) is 46.3 Å². The third-order valence-electron chi connectivity index (χ3n) is 2.22. The number of hydrogen-bond acceptors (Lipinski definition) is 5. The van der Waals surface area contributed by atoms with Crippen LogP contribution < -0.4 is 0 Å². The van der Waals surface area contributed by atoms with Gasteiger partial charge in [0.25, 0.3) is 0 Å². The molecule has 19 heavy (non-hydrogen) atoms. The second-order valence-electron chi connectivity index (χ2n) is 4.76. The van der Waals surface area contributed by atoms with Crippen LogP contribution in [0.2, 0.25) is 0 Å². The molecule has 0 aromatic carbocycles. The van der Waals surface area contributed by atoms with Gasteiger partial charge in [-0.15, -0.1) is 0 Å². The summed E-state index contributed by atoms with van der Waals surface area (Å²) in [5, 5.41) is 8.89. The molecule has 5 nitrogen and oxygen atoms in total. The van der Waals surface area contributed by atoms with E-state index in [1.54, 1.807) is 6.07 Å². The average molecular weight is 285 g/mol. The number of rotatable bonds is 7. The van der Waals surface area contributed by atoms with Crippen molar-refractivity contribution in [1.82, 2.24) is 0 Å². The molecule has 0 atom stereocenters. The maximum atomic E-state index is 12.6. The predicted octanol–water partition coefficient (Wildman–Crippen LogP) is 3.74. The zero-order valence-corrected chi connectivity index (χ0v) is 12.6. The van der Waals surface area contributed by atoms with Crippen LogP contribution in [-0.4, -0.2) is 18.4 Å². The summed E-state index contributed by atoms with van der Waals surface area (Å²) >= 11 is 0. The number of furan rings is 1. The predicted molar refractivity (Wildman–Crippen MR) is 72.0 cm³/mol. The summed E-state index contributed by atoms with van der Waals surface area (Å²) in [6.07, 6.45) is 1.64. The van der Waals surface area contributed by atoms with E-state index in [0.717, 1.165) is 0 Å². The second kappa shape index (κ2) is 6.91. The minimum absolute atomic E-state index is 0.184. The van der Waals surface area contributed by atoms with E-state index in [1.807, 2.05) is 33.8 Å². The molecular formula is C13H20NO4P. The van der Waals surface area contributed by atoms with Crippen molar-refractivity contribution in [2.75, 3.05) is 6.16 Å². The van der Waals surface area contributed by atoms with E-state index in [4.69, 9.17) is 18.7 Å². The molecule has 1 aromatic heterocycles. The van der Waals surface area contributed by atoms with Gasteiger partial charge in [-0.3, -0.25) is 4.57 Å². The Kier molecular flexibility index (Phi) is 5.81. The van der Waals surface area contributed by atoms with Gasteiger partial charge in [-0.1, -0.05) is 0 Å². The van der Waals surface area contributed by atoms with Crippen LogP contribution in [0.15, 0.2) is 16.7 Å². The van der Waals surface area contributed by atoms with Gasteiger partial charge in [-0.05, 0) is 33.8 Å². The van der Waals surface area contributed by atoms with Crippen LogP contribution in [0.25, 0.3) is 0 Å². The Bertz CT molecular complexity index is 473. The van der Waals surface area contributed by atoms with Crippen LogP contribution in [0, 0.1) is 11.3 Å². The van der Waals surface area contributed by atoms with E-state index in [2.05, 4.69) is 0 Å². The fourth-order valence-corrected chi connectivity index (χ4v) is 3.67. The van der Waals surface area contributed by atoms with Crippen LogP contribution in [0.1, 0.15) is 39.0 Å². The first kappa shape index (κ1) is 16.0. The van der Waals surface area contributed by atoms with Crippen molar-refractivity contribution >= 4 is 7.60 Å². The smallest absolute Gasteiger partial charge is 0.331 e. The van der Waals surface area contributed by atoms with Gasteiger partial charge in [0, 0.05) is 6.42 Å². The molecule has 0 aliphatic carbocycles. The minimum atomic E-state index is -3.17. The van der Waals surface area contributed by atoms with Crippen LogP contribution >= 0.6 is 7.60 Å². The van der Waals surface area contributed by atoms with Crippen molar-refractivity contribution in [3.05, 3.63) is 23.7 Å². The lowest BCUT2D eigenvalue weighted by Crippen LogP contribution is -2.11. The zero-order valence-electron chi connectivity index (χ0n) is 11.8. The molecular weight excluding hydrogens is 265 g/mol. The van der Waals surface area contributed by atoms with Gasteiger partial charge in [-0.25, -0.2) is 0 Å². The summed E-state index contributed by atoms with van der Waals surface area (Å²) in [7, 11) is -3.17. The van der Waals surface area contributed by atoms with Gasteiger partial charge >= 0.3 is 7.60 Å². The molecule has 0 N–H and O–H groups in total. The Morgan fingerprint density at radius 1 is 1.32 bits per heavy atom. The van der Waals surface area contributed by atoms with Crippen molar-refractivity contribution in [2.24, 2.45) is 0 Å². The summed E-state index contributed by atoms with van der Waals surface area (Å²) < 4.78 is 28.6. The van der Waals surface area contributed by atoms with Crippen molar-refractivity contribution in [3.63, 3.8) is 0 Å². The largest absolute Gasteiger partial charge is 0.468 e. The van der Waals surface area contributed by atoms with Crippen LogP contribution in [0.4, 0.5) is 0 Å². The Labute approximate surface area is 114 Å². The third-order valence-corrected chi connectivity index (χ3v) is 4.48. The van der Waals surface area contributed by atoms with Crippen molar-refractivity contribution in [3.8, 4) is 6.07 Å². The fraction of sp³-hybridized carbons (Fsp3) is 0.615. The monoisotopic (exact) mass is 285 g/mol. The van der Waals surface area contributed by atoms with Gasteiger partial charge in [0.1, 0.15) is 11.8 Å². The lowest BCUT2D eigenvalue weighted by atomic mass is 10.2. The average Bonchev–Trinajstić information content (AvgIpc) is 2.71.